The van der Waals surface area contributed by atoms with Crippen molar-refractivity contribution in [2.24, 2.45) is 5.41 Å². The fourth-order valence-electron chi connectivity index (χ4n) is 2.29. The van der Waals surface area contributed by atoms with Gasteiger partial charge < -0.3 is 10.2 Å². The first-order valence-corrected chi connectivity index (χ1v) is 6.68. The van der Waals surface area contributed by atoms with Gasteiger partial charge in [0.05, 0.1) is 0 Å². The summed E-state index contributed by atoms with van der Waals surface area (Å²) in [6.07, 6.45) is 0. The van der Waals surface area contributed by atoms with E-state index in [4.69, 9.17) is 11.6 Å². The Labute approximate surface area is 113 Å². The molecule has 4 heteroatoms. The van der Waals surface area contributed by atoms with E-state index in [1.54, 1.807) is 6.07 Å². The predicted molar refractivity (Wildman–Crippen MR) is 74.9 cm³/mol. The van der Waals surface area contributed by atoms with Gasteiger partial charge >= 0.3 is 0 Å². The maximum Gasteiger partial charge on any atom is 0.126 e. The summed E-state index contributed by atoms with van der Waals surface area (Å²) in [5.74, 6) is -0.275. The Bertz CT molecular complexity index is 408. The van der Waals surface area contributed by atoms with E-state index in [1.165, 1.54) is 6.07 Å². The summed E-state index contributed by atoms with van der Waals surface area (Å²) in [5.41, 5.74) is 1.06. The van der Waals surface area contributed by atoms with Crippen LogP contribution in [0.25, 0.3) is 0 Å². The third kappa shape index (κ3) is 3.15. The molecular formula is C14H20ClFN2. The number of anilines is 1. The third-order valence-electron chi connectivity index (χ3n) is 3.43. The van der Waals surface area contributed by atoms with Crippen molar-refractivity contribution in [2.75, 3.05) is 24.5 Å². The number of nitrogens with one attached hydrogen (secondary N) is 1. The highest BCUT2D eigenvalue weighted by atomic mass is 35.5. The van der Waals surface area contributed by atoms with Crippen molar-refractivity contribution in [1.29, 1.82) is 0 Å². The lowest BCUT2D eigenvalue weighted by molar-refractivity contribution is 0.254. The lowest BCUT2D eigenvalue weighted by Gasteiger charge is -2.41. The van der Waals surface area contributed by atoms with E-state index >= 15 is 0 Å². The standard InChI is InChI=1S/C14H20ClFN2/c1-14(2,3)13-9-18(5-4-17-13)12-7-10(15)6-11(16)8-12/h6-8,13,17H,4-5,9H2,1-3H3. The smallest absolute Gasteiger partial charge is 0.126 e. The summed E-state index contributed by atoms with van der Waals surface area (Å²) in [4.78, 5) is 2.20. The Morgan fingerprint density at radius 1 is 1.33 bits per heavy atom. The van der Waals surface area contributed by atoms with E-state index in [0.29, 0.717) is 11.1 Å². The average Bonchev–Trinajstić information content (AvgIpc) is 2.27. The number of benzene rings is 1. The summed E-state index contributed by atoms with van der Waals surface area (Å²) in [6.45, 7) is 9.32. The zero-order valence-corrected chi connectivity index (χ0v) is 11.9. The number of piperazine rings is 1. The van der Waals surface area contributed by atoms with Crippen molar-refractivity contribution in [3.8, 4) is 0 Å². The molecule has 1 unspecified atom stereocenters. The molecule has 1 aliphatic rings. The first-order valence-electron chi connectivity index (χ1n) is 6.31. The van der Waals surface area contributed by atoms with Crippen LogP contribution in [0.1, 0.15) is 20.8 Å². The molecule has 2 nitrogen and oxygen atoms in total. The summed E-state index contributed by atoms with van der Waals surface area (Å²) < 4.78 is 13.4. The van der Waals surface area contributed by atoms with Crippen molar-refractivity contribution < 1.29 is 4.39 Å². The lowest BCUT2D eigenvalue weighted by Crippen LogP contribution is -2.56. The minimum atomic E-state index is -0.275. The van der Waals surface area contributed by atoms with Crippen LogP contribution in [0.4, 0.5) is 10.1 Å². The molecule has 0 aromatic heterocycles. The molecule has 1 saturated heterocycles. The van der Waals surface area contributed by atoms with E-state index in [9.17, 15) is 4.39 Å². The monoisotopic (exact) mass is 270 g/mol. The minimum absolute atomic E-state index is 0.190. The van der Waals surface area contributed by atoms with Crippen LogP contribution < -0.4 is 10.2 Å². The molecule has 0 aliphatic carbocycles. The average molecular weight is 271 g/mol. The van der Waals surface area contributed by atoms with Crippen LogP contribution in [0, 0.1) is 11.2 Å². The maximum absolute atomic E-state index is 13.4. The van der Waals surface area contributed by atoms with E-state index in [2.05, 4.69) is 31.0 Å². The van der Waals surface area contributed by atoms with Crippen molar-refractivity contribution >= 4 is 17.3 Å². The van der Waals surface area contributed by atoms with E-state index < -0.39 is 0 Å². The molecule has 18 heavy (non-hydrogen) atoms. The number of rotatable bonds is 1. The van der Waals surface area contributed by atoms with Crippen molar-refractivity contribution in [3.05, 3.63) is 29.0 Å². The van der Waals surface area contributed by atoms with Gasteiger partial charge in [0.1, 0.15) is 5.82 Å². The SMILES string of the molecule is CC(C)(C)C1CN(c2cc(F)cc(Cl)c2)CCN1. The highest BCUT2D eigenvalue weighted by molar-refractivity contribution is 6.30. The molecule has 0 saturated carbocycles. The van der Waals surface area contributed by atoms with Crippen molar-refractivity contribution in [1.82, 2.24) is 5.32 Å². The normalized spacial score (nSPS) is 21.2. The number of hydrogen-bond acceptors (Lipinski definition) is 2. The molecule has 0 bridgehead atoms. The van der Waals surface area contributed by atoms with Gasteiger partial charge in [-0.3, -0.25) is 0 Å². The Balaban J connectivity index is 2.18. The quantitative estimate of drug-likeness (QED) is 0.842. The molecule has 1 atom stereocenters. The van der Waals surface area contributed by atoms with Crippen molar-refractivity contribution in [3.63, 3.8) is 0 Å². The second-order valence-corrected chi connectivity index (χ2v) is 6.38. The van der Waals surface area contributed by atoms with E-state index in [1.807, 2.05) is 6.07 Å². The second kappa shape index (κ2) is 5.06. The fraction of sp³-hybridized carbons (Fsp3) is 0.571. The van der Waals surface area contributed by atoms with Gasteiger partial charge in [0.2, 0.25) is 0 Å². The maximum atomic E-state index is 13.4. The highest BCUT2D eigenvalue weighted by Gasteiger charge is 2.29. The summed E-state index contributed by atoms with van der Waals surface area (Å²) >= 11 is 5.91. The van der Waals surface area contributed by atoms with Gasteiger partial charge in [-0.1, -0.05) is 32.4 Å². The van der Waals surface area contributed by atoms with Gasteiger partial charge in [0.15, 0.2) is 0 Å². The van der Waals surface area contributed by atoms with Crippen LogP contribution >= 0.6 is 11.6 Å². The lowest BCUT2D eigenvalue weighted by atomic mass is 9.85. The number of nitrogens with zero attached hydrogens (tertiary/aromatic N) is 1. The first kappa shape index (κ1) is 13.6. The summed E-state index contributed by atoms with van der Waals surface area (Å²) in [5, 5.41) is 3.97. The molecule has 1 fully saturated rings. The molecule has 0 spiro atoms. The van der Waals surface area contributed by atoms with E-state index in [-0.39, 0.29) is 11.2 Å². The van der Waals surface area contributed by atoms with E-state index in [0.717, 1.165) is 25.3 Å². The minimum Gasteiger partial charge on any atom is -0.369 e. The largest absolute Gasteiger partial charge is 0.369 e. The zero-order valence-electron chi connectivity index (χ0n) is 11.1. The second-order valence-electron chi connectivity index (χ2n) is 5.95. The van der Waals surface area contributed by atoms with Gasteiger partial charge in [-0.05, 0) is 23.6 Å². The summed E-state index contributed by atoms with van der Waals surface area (Å²) in [7, 11) is 0. The van der Waals surface area contributed by atoms with Gasteiger partial charge in [0.25, 0.3) is 0 Å². The van der Waals surface area contributed by atoms with Crippen molar-refractivity contribution in [2.45, 2.75) is 26.8 Å². The molecular weight excluding hydrogens is 251 g/mol. The fourth-order valence-corrected chi connectivity index (χ4v) is 2.50. The van der Waals surface area contributed by atoms with Gasteiger partial charge in [-0.15, -0.1) is 0 Å². The molecule has 0 amide bonds. The van der Waals surface area contributed by atoms with Gasteiger partial charge in [-0.2, -0.15) is 0 Å². The summed E-state index contributed by atoms with van der Waals surface area (Å²) in [6, 6.07) is 5.12. The predicted octanol–water partition coefficient (Wildman–Crippen LogP) is 3.30. The molecule has 1 N–H and O–H groups in total. The topological polar surface area (TPSA) is 15.3 Å². The molecule has 1 heterocycles. The molecule has 2 rings (SSSR count). The Hall–Kier alpha value is -0.800. The molecule has 0 radical (unpaired) electrons. The zero-order chi connectivity index (χ0) is 13.3. The highest BCUT2D eigenvalue weighted by Crippen LogP contribution is 2.27. The Morgan fingerprint density at radius 2 is 2.06 bits per heavy atom. The van der Waals surface area contributed by atoms with Gasteiger partial charge in [-0.25, -0.2) is 4.39 Å². The number of halogens is 2. The first-order chi connectivity index (χ1) is 8.36. The third-order valence-corrected chi connectivity index (χ3v) is 3.65. The van der Waals surface area contributed by atoms with Crippen LogP contribution in [0.5, 0.6) is 0 Å². The van der Waals surface area contributed by atoms with Crippen LogP contribution in [-0.4, -0.2) is 25.7 Å². The van der Waals surface area contributed by atoms with Gasteiger partial charge in [0, 0.05) is 36.4 Å². The molecule has 1 aromatic carbocycles. The van der Waals surface area contributed by atoms with Crippen LogP contribution in [0.2, 0.25) is 5.02 Å². The van der Waals surface area contributed by atoms with Crippen LogP contribution in [0.3, 0.4) is 0 Å². The Kier molecular flexibility index (Phi) is 3.83. The van der Waals surface area contributed by atoms with Crippen LogP contribution in [-0.2, 0) is 0 Å². The van der Waals surface area contributed by atoms with Crippen LogP contribution in [0.15, 0.2) is 18.2 Å². The molecule has 1 aliphatic heterocycles. The Morgan fingerprint density at radius 3 is 2.67 bits per heavy atom. The molecule has 100 valence electrons. The number of hydrogen-bond donors (Lipinski definition) is 1. The molecule has 1 aromatic rings.